The Morgan fingerprint density at radius 2 is 2.17 bits per heavy atom. The molecule has 18 heavy (non-hydrogen) atoms. The lowest BCUT2D eigenvalue weighted by molar-refractivity contribution is 0.133. The minimum absolute atomic E-state index is 0.252. The minimum Gasteiger partial charge on any atom is -0.329 e. The van der Waals surface area contributed by atoms with Crippen molar-refractivity contribution in [1.82, 2.24) is 4.90 Å². The summed E-state index contributed by atoms with van der Waals surface area (Å²) >= 11 is 12.1. The molecule has 1 saturated heterocycles. The fraction of sp³-hybridized carbons (Fsp3) is 0.571. The molecule has 4 heteroatoms. The first-order valence-electron chi connectivity index (χ1n) is 6.51. The average molecular weight is 287 g/mol. The van der Waals surface area contributed by atoms with Gasteiger partial charge in [-0.3, -0.25) is 4.90 Å². The molecule has 0 radical (unpaired) electrons. The Balaban J connectivity index is 2.18. The molecule has 2 atom stereocenters. The Kier molecular flexibility index (Phi) is 4.91. The van der Waals surface area contributed by atoms with Crippen molar-refractivity contribution in [1.29, 1.82) is 0 Å². The molecular formula is C14H20Cl2N2. The molecule has 100 valence electrons. The fourth-order valence-electron chi connectivity index (χ4n) is 2.72. The maximum atomic E-state index is 6.09. The molecule has 2 N–H and O–H groups in total. The summed E-state index contributed by atoms with van der Waals surface area (Å²) in [5, 5.41) is 1.21. The normalized spacial score (nSPS) is 23.0. The van der Waals surface area contributed by atoms with Crippen LogP contribution >= 0.6 is 23.2 Å². The summed E-state index contributed by atoms with van der Waals surface area (Å²) in [5.74, 6) is 0.746. The van der Waals surface area contributed by atoms with Gasteiger partial charge in [-0.15, -0.1) is 0 Å². The second-order valence-corrected chi connectivity index (χ2v) is 5.98. The lowest BCUT2D eigenvalue weighted by Gasteiger charge is -2.37. The van der Waals surface area contributed by atoms with Crippen molar-refractivity contribution in [2.45, 2.75) is 25.8 Å². The number of hydrogen-bond acceptors (Lipinski definition) is 2. The number of nitrogens with two attached hydrogens (primary N) is 1. The third kappa shape index (κ3) is 3.18. The first-order chi connectivity index (χ1) is 8.61. The summed E-state index contributed by atoms with van der Waals surface area (Å²) in [7, 11) is 0. The van der Waals surface area contributed by atoms with E-state index in [-0.39, 0.29) is 6.04 Å². The van der Waals surface area contributed by atoms with Crippen molar-refractivity contribution >= 4 is 23.2 Å². The van der Waals surface area contributed by atoms with Crippen LogP contribution in [-0.4, -0.2) is 24.5 Å². The van der Waals surface area contributed by atoms with E-state index in [1.165, 1.54) is 18.4 Å². The SMILES string of the molecule is C[C@@H]1CCCN([C@H](CN)c2ccc(Cl)c(Cl)c2)C1. The number of nitrogens with zero attached hydrogens (tertiary/aromatic N) is 1. The van der Waals surface area contributed by atoms with Crippen LogP contribution in [0.4, 0.5) is 0 Å². The van der Waals surface area contributed by atoms with Crippen molar-refractivity contribution in [3.8, 4) is 0 Å². The van der Waals surface area contributed by atoms with E-state index in [1.807, 2.05) is 18.2 Å². The van der Waals surface area contributed by atoms with Crippen molar-refractivity contribution in [3.63, 3.8) is 0 Å². The smallest absolute Gasteiger partial charge is 0.0595 e. The van der Waals surface area contributed by atoms with Crippen LogP contribution in [-0.2, 0) is 0 Å². The van der Waals surface area contributed by atoms with E-state index in [0.29, 0.717) is 16.6 Å². The molecular weight excluding hydrogens is 267 g/mol. The van der Waals surface area contributed by atoms with E-state index < -0.39 is 0 Å². The second-order valence-electron chi connectivity index (χ2n) is 5.17. The predicted molar refractivity (Wildman–Crippen MR) is 78.2 cm³/mol. The van der Waals surface area contributed by atoms with Gasteiger partial charge in [-0.2, -0.15) is 0 Å². The van der Waals surface area contributed by atoms with Gasteiger partial charge in [0.05, 0.1) is 10.0 Å². The van der Waals surface area contributed by atoms with Crippen LogP contribution in [0.5, 0.6) is 0 Å². The van der Waals surface area contributed by atoms with E-state index in [1.54, 1.807) is 0 Å². The number of piperidine rings is 1. The summed E-state index contributed by atoms with van der Waals surface area (Å²) < 4.78 is 0. The molecule has 0 aliphatic carbocycles. The Bertz CT molecular complexity index is 409. The van der Waals surface area contributed by atoms with Gasteiger partial charge in [0.25, 0.3) is 0 Å². The van der Waals surface area contributed by atoms with Gasteiger partial charge in [0.15, 0.2) is 0 Å². The van der Waals surface area contributed by atoms with Gasteiger partial charge in [0.2, 0.25) is 0 Å². The third-order valence-corrected chi connectivity index (χ3v) is 4.42. The highest BCUT2D eigenvalue weighted by Crippen LogP contribution is 2.30. The van der Waals surface area contributed by atoms with E-state index in [4.69, 9.17) is 28.9 Å². The minimum atomic E-state index is 0.252. The molecule has 1 aromatic rings. The highest BCUT2D eigenvalue weighted by Gasteiger charge is 2.24. The van der Waals surface area contributed by atoms with Crippen molar-refractivity contribution in [3.05, 3.63) is 33.8 Å². The second kappa shape index (κ2) is 6.25. The standard InChI is InChI=1S/C14H20Cl2N2/c1-10-3-2-6-18(9-10)14(8-17)11-4-5-12(15)13(16)7-11/h4-5,7,10,14H,2-3,6,8-9,17H2,1H3/t10-,14-/m1/s1. The van der Waals surface area contributed by atoms with Gasteiger partial charge < -0.3 is 5.73 Å². The molecule has 0 bridgehead atoms. The number of rotatable bonds is 3. The van der Waals surface area contributed by atoms with Gasteiger partial charge in [-0.05, 0) is 43.0 Å². The highest BCUT2D eigenvalue weighted by atomic mass is 35.5. The number of halogens is 2. The van der Waals surface area contributed by atoms with Crippen LogP contribution in [0.3, 0.4) is 0 Å². The van der Waals surface area contributed by atoms with Crippen LogP contribution in [0.2, 0.25) is 10.0 Å². The van der Waals surface area contributed by atoms with Crippen LogP contribution in [0.15, 0.2) is 18.2 Å². The monoisotopic (exact) mass is 286 g/mol. The first kappa shape index (κ1) is 14.1. The van der Waals surface area contributed by atoms with Crippen LogP contribution in [0, 0.1) is 5.92 Å². The maximum Gasteiger partial charge on any atom is 0.0595 e. The molecule has 1 fully saturated rings. The number of likely N-dealkylation sites (tertiary alicyclic amines) is 1. The molecule has 1 aromatic carbocycles. The summed E-state index contributed by atoms with van der Waals surface area (Å²) in [5.41, 5.74) is 7.12. The summed E-state index contributed by atoms with van der Waals surface area (Å²) in [6, 6.07) is 6.09. The Morgan fingerprint density at radius 3 is 2.78 bits per heavy atom. The molecule has 2 rings (SSSR count). The molecule has 0 aromatic heterocycles. The van der Waals surface area contributed by atoms with Crippen LogP contribution in [0.1, 0.15) is 31.4 Å². The van der Waals surface area contributed by atoms with E-state index >= 15 is 0 Å². The summed E-state index contributed by atoms with van der Waals surface area (Å²) in [4.78, 5) is 2.47. The van der Waals surface area contributed by atoms with Gasteiger partial charge in [-0.25, -0.2) is 0 Å². The zero-order valence-corrected chi connectivity index (χ0v) is 12.2. The largest absolute Gasteiger partial charge is 0.329 e. The predicted octanol–water partition coefficient (Wildman–Crippen LogP) is 3.73. The molecule has 0 saturated carbocycles. The molecule has 0 unspecified atom stereocenters. The Labute approximate surface area is 119 Å². The molecule has 1 aliphatic heterocycles. The quantitative estimate of drug-likeness (QED) is 0.918. The lowest BCUT2D eigenvalue weighted by Crippen LogP contribution is -2.40. The highest BCUT2D eigenvalue weighted by molar-refractivity contribution is 6.42. The zero-order valence-electron chi connectivity index (χ0n) is 10.7. The van der Waals surface area contributed by atoms with Gasteiger partial charge >= 0.3 is 0 Å². The molecule has 1 aliphatic rings. The molecule has 0 amide bonds. The Morgan fingerprint density at radius 1 is 1.39 bits per heavy atom. The van der Waals surface area contributed by atoms with Gasteiger partial charge in [0.1, 0.15) is 0 Å². The van der Waals surface area contributed by atoms with Crippen molar-refractivity contribution in [2.75, 3.05) is 19.6 Å². The van der Waals surface area contributed by atoms with Gasteiger partial charge in [0, 0.05) is 19.1 Å². The lowest BCUT2D eigenvalue weighted by atomic mass is 9.96. The maximum absolute atomic E-state index is 6.09. The zero-order chi connectivity index (χ0) is 13.1. The van der Waals surface area contributed by atoms with Crippen molar-refractivity contribution in [2.24, 2.45) is 11.7 Å². The number of benzene rings is 1. The fourth-order valence-corrected chi connectivity index (χ4v) is 3.03. The molecule has 1 heterocycles. The van der Waals surface area contributed by atoms with E-state index in [0.717, 1.165) is 19.0 Å². The number of hydrogen-bond donors (Lipinski definition) is 1. The summed E-state index contributed by atoms with van der Waals surface area (Å²) in [6.07, 6.45) is 2.56. The van der Waals surface area contributed by atoms with Crippen molar-refractivity contribution < 1.29 is 0 Å². The van der Waals surface area contributed by atoms with Gasteiger partial charge in [-0.1, -0.05) is 36.2 Å². The Hall–Kier alpha value is -0.280. The molecule has 2 nitrogen and oxygen atoms in total. The van der Waals surface area contributed by atoms with Crippen LogP contribution in [0.25, 0.3) is 0 Å². The molecule has 0 spiro atoms. The van der Waals surface area contributed by atoms with Crippen LogP contribution < -0.4 is 5.73 Å². The van der Waals surface area contributed by atoms with E-state index in [2.05, 4.69) is 11.8 Å². The first-order valence-corrected chi connectivity index (χ1v) is 7.26. The summed E-state index contributed by atoms with van der Waals surface area (Å²) in [6.45, 7) is 5.15. The third-order valence-electron chi connectivity index (χ3n) is 3.68. The topological polar surface area (TPSA) is 29.3 Å². The van der Waals surface area contributed by atoms with E-state index in [9.17, 15) is 0 Å². The average Bonchev–Trinajstić information content (AvgIpc) is 2.35.